The molecule has 0 heterocycles. The van der Waals surface area contributed by atoms with E-state index in [4.69, 9.17) is 34.1 Å². The third-order valence-corrected chi connectivity index (χ3v) is 0.943. The number of hydrogen-bond acceptors (Lipinski definition) is 4. The predicted octanol–water partition coefficient (Wildman–Crippen LogP) is 1.22. The van der Waals surface area contributed by atoms with Gasteiger partial charge in [-0.1, -0.05) is 0 Å². The van der Waals surface area contributed by atoms with Gasteiger partial charge < -0.3 is 0 Å². The van der Waals surface area contributed by atoms with Crippen molar-refractivity contribution in [3.63, 3.8) is 0 Å². The molecular formula is C4Cl2N4. The van der Waals surface area contributed by atoms with Crippen LogP contribution in [-0.4, -0.2) is 11.4 Å². The normalized spacial score (nSPS) is 12.0. The molecule has 0 spiro atoms. The van der Waals surface area contributed by atoms with Gasteiger partial charge >= 0.3 is 0 Å². The van der Waals surface area contributed by atoms with Crippen LogP contribution in [-0.2, 0) is 0 Å². The molecule has 0 atom stereocenters. The van der Waals surface area contributed by atoms with Gasteiger partial charge in [0.05, 0.1) is 0 Å². The van der Waals surface area contributed by atoms with Gasteiger partial charge in [0.1, 0.15) is 12.1 Å². The standard InChI is InChI=1S/C4Cl2N4/c5-9-3(1-7)4(2-8)10-6/b9-3-,10-4-. The molecule has 0 aliphatic carbocycles. The predicted molar refractivity (Wildman–Crippen MR) is 37.8 cm³/mol. The van der Waals surface area contributed by atoms with Crippen LogP contribution in [0.25, 0.3) is 0 Å². The molecule has 4 nitrogen and oxygen atoms in total. The zero-order chi connectivity index (χ0) is 7.98. The van der Waals surface area contributed by atoms with Gasteiger partial charge in [-0.15, -0.1) is 0 Å². The summed E-state index contributed by atoms with van der Waals surface area (Å²) in [6.45, 7) is 0. The highest BCUT2D eigenvalue weighted by Crippen LogP contribution is 1.89. The van der Waals surface area contributed by atoms with Crippen molar-refractivity contribution in [3.8, 4) is 12.1 Å². The lowest BCUT2D eigenvalue weighted by Gasteiger charge is -1.82. The highest BCUT2D eigenvalue weighted by molar-refractivity contribution is 6.57. The van der Waals surface area contributed by atoms with Crippen LogP contribution in [0.15, 0.2) is 9.02 Å². The molecule has 10 heavy (non-hydrogen) atoms. The maximum atomic E-state index is 8.20. The van der Waals surface area contributed by atoms with Crippen LogP contribution in [0.3, 0.4) is 0 Å². The Morgan fingerprint density at radius 1 is 1.00 bits per heavy atom. The van der Waals surface area contributed by atoms with Crippen LogP contribution in [0.1, 0.15) is 0 Å². The van der Waals surface area contributed by atoms with Gasteiger partial charge in [-0.25, -0.2) is 0 Å². The fourth-order valence-corrected chi connectivity index (χ4v) is 0.459. The average molecular weight is 175 g/mol. The van der Waals surface area contributed by atoms with Crippen molar-refractivity contribution in [3.05, 3.63) is 0 Å². The van der Waals surface area contributed by atoms with Gasteiger partial charge in [0.15, 0.2) is 11.4 Å². The molecule has 0 aromatic carbocycles. The molecule has 0 N–H and O–H groups in total. The van der Waals surface area contributed by atoms with Gasteiger partial charge in [0.2, 0.25) is 0 Å². The molecule has 0 unspecified atom stereocenters. The molecule has 0 aliphatic heterocycles. The quantitative estimate of drug-likeness (QED) is 0.562. The smallest absolute Gasteiger partial charge is 0.191 e. The van der Waals surface area contributed by atoms with Gasteiger partial charge in [-0.2, -0.15) is 19.5 Å². The van der Waals surface area contributed by atoms with Crippen molar-refractivity contribution in [2.45, 2.75) is 0 Å². The van der Waals surface area contributed by atoms with E-state index in [-0.39, 0.29) is 11.4 Å². The zero-order valence-electron chi connectivity index (χ0n) is 4.54. The minimum Gasteiger partial charge on any atom is -0.191 e. The second-order valence-corrected chi connectivity index (χ2v) is 1.43. The van der Waals surface area contributed by atoms with E-state index >= 15 is 0 Å². The molecule has 0 fully saturated rings. The van der Waals surface area contributed by atoms with Crippen LogP contribution in [0.2, 0.25) is 0 Å². The lowest BCUT2D eigenvalue weighted by Crippen LogP contribution is -2.07. The molecule has 6 heteroatoms. The monoisotopic (exact) mass is 174 g/mol. The van der Waals surface area contributed by atoms with E-state index in [1.165, 1.54) is 12.1 Å². The van der Waals surface area contributed by atoms with Gasteiger partial charge in [-0.3, -0.25) is 0 Å². The average Bonchev–Trinajstić information content (AvgIpc) is 2.00. The lowest BCUT2D eigenvalue weighted by atomic mass is 10.3. The van der Waals surface area contributed by atoms with Gasteiger partial charge in [-0.05, 0) is 0 Å². The van der Waals surface area contributed by atoms with E-state index in [0.29, 0.717) is 0 Å². The zero-order valence-corrected chi connectivity index (χ0v) is 6.06. The van der Waals surface area contributed by atoms with Crippen LogP contribution in [0.4, 0.5) is 0 Å². The SMILES string of the molecule is N#CC(=N/Cl)/C(C#N)=N\Cl. The number of nitriles is 2. The first kappa shape index (κ1) is 8.90. The van der Waals surface area contributed by atoms with Crippen molar-refractivity contribution in [1.82, 2.24) is 0 Å². The summed E-state index contributed by atoms with van der Waals surface area (Å²) < 4.78 is 5.88. The highest BCUT2D eigenvalue weighted by atomic mass is 35.5. The molecule has 0 aliphatic rings. The van der Waals surface area contributed by atoms with E-state index in [1.54, 1.807) is 0 Å². The maximum Gasteiger partial charge on any atom is 0.192 e. The number of hydrogen-bond donors (Lipinski definition) is 0. The van der Waals surface area contributed by atoms with Crippen molar-refractivity contribution < 1.29 is 0 Å². The number of halogens is 2. The molecular weight excluding hydrogens is 175 g/mol. The maximum absolute atomic E-state index is 8.20. The molecule has 0 radical (unpaired) electrons. The number of nitrogens with zero attached hydrogens (tertiary/aromatic N) is 4. The molecule has 0 aromatic rings. The highest BCUT2D eigenvalue weighted by Gasteiger charge is 2.05. The Hall–Kier alpha value is -1.10. The molecule has 0 saturated carbocycles. The third kappa shape index (κ3) is 2.02. The molecule has 0 rings (SSSR count). The molecule has 0 aromatic heterocycles. The van der Waals surface area contributed by atoms with E-state index in [0.717, 1.165) is 0 Å². The van der Waals surface area contributed by atoms with Crippen LogP contribution in [0.5, 0.6) is 0 Å². The largest absolute Gasteiger partial charge is 0.192 e. The Labute approximate surface area is 67.2 Å². The van der Waals surface area contributed by atoms with Crippen molar-refractivity contribution >= 4 is 35.0 Å². The second kappa shape index (κ2) is 4.75. The third-order valence-electron chi connectivity index (χ3n) is 0.605. The lowest BCUT2D eigenvalue weighted by molar-refractivity contribution is 1.54. The fraction of sp³-hybridized carbons (Fsp3) is 0. The van der Waals surface area contributed by atoms with Gasteiger partial charge in [0.25, 0.3) is 0 Å². The van der Waals surface area contributed by atoms with Crippen LogP contribution in [0, 0.1) is 22.7 Å². The summed E-state index contributed by atoms with van der Waals surface area (Å²) in [4.78, 5) is 0. The summed E-state index contributed by atoms with van der Waals surface area (Å²) >= 11 is 9.79. The van der Waals surface area contributed by atoms with Crippen molar-refractivity contribution in [2.75, 3.05) is 0 Å². The van der Waals surface area contributed by atoms with Crippen molar-refractivity contribution in [2.24, 2.45) is 9.02 Å². The van der Waals surface area contributed by atoms with Crippen LogP contribution < -0.4 is 0 Å². The Morgan fingerprint density at radius 3 is 1.40 bits per heavy atom. The summed E-state index contributed by atoms with van der Waals surface area (Å²) in [5, 5.41) is 16.4. The Balaban J connectivity index is 4.70. The summed E-state index contributed by atoms with van der Waals surface area (Å²) in [7, 11) is 0. The fourth-order valence-electron chi connectivity index (χ4n) is 0.224. The van der Waals surface area contributed by atoms with E-state index < -0.39 is 0 Å². The van der Waals surface area contributed by atoms with Crippen LogP contribution >= 0.6 is 23.6 Å². The van der Waals surface area contributed by atoms with E-state index in [1.807, 2.05) is 0 Å². The Morgan fingerprint density at radius 2 is 1.30 bits per heavy atom. The summed E-state index contributed by atoms with van der Waals surface area (Å²) in [6.07, 6.45) is 0. The van der Waals surface area contributed by atoms with Gasteiger partial charge in [0, 0.05) is 23.6 Å². The van der Waals surface area contributed by atoms with E-state index in [2.05, 4.69) is 9.02 Å². The topological polar surface area (TPSA) is 72.3 Å². The molecule has 50 valence electrons. The number of rotatable bonds is 1. The molecule has 0 bridgehead atoms. The summed E-state index contributed by atoms with van der Waals surface area (Å²) in [5.74, 6) is 0. The Bertz CT molecular complexity index is 225. The molecule has 0 saturated heterocycles. The van der Waals surface area contributed by atoms with Crippen molar-refractivity contribution in [1.29, 1.82) is 10.5 Å². The minimum absolute atomic E-state index is 0.292. The Kier molecular flexibility index (Phi) is 4.23. The second-order valence-electron chi connectivity index (χ2n) is 1.09. The molecule has 0 amide bonds. The first-order valence-corrected chi connectivity index (χ1v) is 2.66. The summed E-state index contributed by atoms with van der Waals surface area (Å²) in [5.41, 5.74) is -0.585. The first-order valence-electron chi connectivity index (χ1n) is 1.98. The minimum atomic E-state index is -0.292. The van der Waals surface area contributed by atoms with E-state index in [9.17, 15) is 0 Å². The first-order chi connectivity index (χ1) is 4.79. The summed E-state index contributed by atoms with van der Waals surface area (Å²) in [6, 6.07) is 3.07.